The molecule has 0 saturated carbocycles. The Morgan fingerprint density at radius 2 is 1.98 bits per heavy atom. The number of sulfone groups is 1. The highest BCUT2D eigenvalue weighted by molar-refractivity contribution is 7.91. The number of hydrogen-bond donors (Lipinski definition) is 2. The van der Waals surface area contributed by atoms with Crippen LogP contribution in [0.3, 0.4) is 0 Å². The number of aromatic nitrogens is 2. The molecule has 5 rings (SSSR count). The standard InChI is InChI=1S/C26H24F4N4O6S/c1-39-19-6-3-15(10-18(19)27)21-22(31-20(35)11-41(2,37)38)23-24(36)32-25(12-34(23)33-21)8-7-14-9-16(4-5-17(14)25)40-13-26(28,29)30/h3-6,9-10H,7-8,11-13H2,1-2H3,(H,31,35)(H,32,36)/t25-/m1/s1. The third kappa shape index (κ3) is 5.71. The van der Waals surface area contributed by atoms with Gasteiger partial charge in [-0.15, -0.1) is 0 Å². The van der Waals surface area contributed by atoms with E-state index in [9.17, 15) is 35.6 Å². The van der Waals surface area contributed by atoms with Gasteiger partial charge in [-0.2, -0.15) is 18.3 Å². The van der Waals surface area contributed by atoms with Gasteiger partial charge in [0.25, 0.3) is 5.91 Å². The molecule has 15 heteroatoms. The third-order valence-corrected chi connectivity index (χ3v) is 7.63. The minimum absolute atomic E-state index is 0.0322. The number of ether oxygens (including phenoxy) is 2. The van der Waals surface area contributed by atoms with E-state index in [2.05, 4.69) is 15.7 Å². The van der Waals surface area contributed by atoms with E-state index in [1.807, 2.05) is 0 Å². The summed E-state index contributed by atoms with van der Waals surface area (Å²) in [5.74, 6) is -3.13. The van der Waals surface area contributed by atoms with E-state index in [0.29, 0.717) is 24.0 Å². The number of halogens is 4. The number of amides is 2. The molecule has 2 amide bonds. The molecule has 2 aromatic carbocycles. The lowest BCUT2D eigenvalue weighted by Gasteiger charge is -2.36. The van der Waals surface area contributed by atoms with Crippen molar-refractivity contribution in [3.05, 3.63) is 59.0 Å². The van der Waals surface area contributed by atoms with Gasteiger partial charge in [0.05, 0.1) is 19.2 Å². The summed E-state index contributed by atoms with van der Waals surface area (Å²) in [5, 5.41) is 9.93. The summed E-state index contributed by atoms with van der Waals surface area (Å²) < 4.78 is 87.0. The Labute approximate surface area is 231 Å². The molecule has 1 spiro atoms. The topological polar surface area (TPSA) is 129 Å². The van der Waals surface area contributed by atoms with Crippen LogP contribution in [0.25, 0.3) is 11.3 Å². The van der Waals surface area contributed by atoms with Gasteiger partial charge in [-0.25, -0.2) is 12.8 Å². The van der Waals surface area contributed by atoms with Crippen molar-refractivity contribution in [3.63, 3.8) is 0 Å². The number of nitrogens with one attached hydrogen (secondary N) is 2. The predicted octanol–water partition coefficient (Wildman–Crippen LogP) is 3.21. The molecule has 2 heterocycles. The molecule has 1 aliphatic heterocycles. The quantitative estimate of drug-likeness (QED) is 0.401. The first kappa shape index (κ1) is 28.4. The Hall–Kier alpha value is -4.14. The summed E-state index contributed by atoms with van der Waals surface area (Å²) in [6.45, 7) is -1.36. The third-order valence-electron chi connectivity index (χ3n) is 6.84. The van der Waals surface area contributed by atoms with Gasteiger partial charge in [0.15, 0.2) is 33.7 Å². The van der Waals surface area contributed by atoms with E-state index in [4.69, 9.17) is 9.47 Å². The highest BCUT2D eigenvalue weighted by Gasteiger charge is 2.46. The molecule has 1 aliphatic carbocycles. The minimum Gasteiger partial charge on any atom is -0.494 e. The lowest BCUT2D eigenvalue weighted by Crippen LogP contribution is -2.52. The van der Waals surface area contributed by atoms with Crippen molar-refractivity contribution >= 4 is 27.3 Å². The van der Waals surface area contributed by atoms with Crippen molar-refractivity contribution in [3.8, 4) is 22.8 Å². The first-order chi connectivity index (χ1) is 19.2. The van der Waals surface area contributed by atoms with Crippen LogP contribution in [0.2, 0.25) is 0 Å². The molecular weight excluding hydrogens is 572 g/mol. The summed E-state index contributed by atoms with van der Waals surface area (Å²) in [7, 11) is -2.42. The van der Waals surface area contributed by atoms with Crippen molar-refractivity contribution < 1.29 is 45.0 Å². The highest BCUT2D eigenvalue weighted by Crippen LogP contribution is 2.44. The van der Waals surface area contributed by atoms with Gasteiger partial charge in [0, 0.05) is 11.8 Å². The summed E-state index contributed by atoms with van der Waals surface area (Å²) in [5.41, 5.74) is 0.465. The van der Waals surface area contributed by atoms with E-state index >= 15 is 0 Å². The van der Waals surface area contributed by atoms with Crippen molar-refractivity contribution in [2.75, 3.05) is 31.0 Å². The first-order valence-corrected chi connectivity index (χ1v) is 14.3. The fourth-order valence-electron chi connectivity index (χ4n) is 5.20. The van der Waals surface area contributed by atoms with Gasteiger partial charge in [-0.05, 0) is 54.3 Å². The van der Waals surface area contributed by atoms with Crippen LogP contribution >= 0.6 is 0 Å². The number of methoxy groups -OCH3 is 1. The number of benzene rings is 2. The van der Waals surface area contributed by atoms with E-state index in [0.717, 1.165) is 12.3 Å². The lowest BCUT2D eigenvalue weighted by molar-refractivity contribution is -0.153. The molecule has 218 valence electrons. The monoisotopic (exact) mass is 596 g/mol. The summed E-state index contributed by atoms with van der Waals surface area (Å²) in [4.78, 5) is 26.1. The number of nitrogens with zero attached hydrogens (tertiary/aromatic N) is 2. The average Bonchev–Trinajstić information content (AvgIpc) is 3.39. The van der Waals surface area contributed by atoms with E-state index in [1.165, 1.54) is 36.1 Å². The molecule has 0 saturated heterocycles. The highest BCUT2D eigenvalue weighted by atomic mass is 32.2. The number of fused-ring (bicyclic) bond motifs is 3. The maximum atomic E-state index is 14.6. The van der Waals surface area contributed by atoms with E-state index in [1.54, 1.807) is 6.07 Å². The molecular formula is C26H24F4N4O6S. The van der Waals surface area contributed by atoms with Crippen molar-refractivity contribution in [1.29, 1.82) is 0 Å². The number of hydrogen-bond acceptors (Lipinski definition) is 7. The Morgan fingerprint density at radius 3 is 2.63 bits per heavy atom. The number of rotatable bonds is 7. The van der Waals surface area contributed by atoms with Crippen molar-refractivity contribution in [2.24, 2.45) is 0 Å². The zero-order chi connectivity index (χ0) is 29.7. The molecule has 1 atom stereocenters. The number of aryl methyl sites for hydroxylation is 1. The molecule has 10 nitrogen and oxygen atoms in total. The van der Waals surface area contributed by atoms with Gasteiger partial charge in [0.2, 0.25) is 5.91 Å². The Kier molecular flexibility index (Phi) is 6.96. The molecule has 2 N–H and O–H groups in total. The van der Waals surface area contributed by atoms with Gasteiger partial charge in [-0.3, -0.25) is 14.3 Å². The smallest absolute Gasteiger partial charge is 0.422 e. The normalized spacial score (nSPS) is 18.0. The number of alkyl halides is 3. The van der Waals surface area contributed by atoms with Crippen molar-refractivity contribution in [2.45, 2.75) is 31.1 Å². The van der Waals surface area contributed by atoms with Crippen LogP contribution in [-0.4, -0.2) is 61.9 Å². The fraction of sp³-hybridized carbons (Fsp3) is 0.346. The molecule has 2 aliphatic rings. The second kappa shape index (κ2) is 10.0. The van der Waals surface area contributed by atoms with Crippen LogP contribution in [0.1, 0.15) is 28.0 Å². The van der Waals surface area contributed by atoms with Gasteiger partial charge in [0.1, 0.15) is 22.9 Å². The second-order valence-corrected chi connectivity index (χ2v) is 12.1. The lowest BCUT2D eigenvalue weighted by atomic mass is 9.89. The van der Waals surface area contributed by atoms with Gasteiger partial charge >= 0.3 is 6.18 Å². The largest absolute Gasteiger partial charge is 0.494 e. The molecule has 0 bridgehead atoms. The Morgan fingerprint density at radius 1 is 1.22 bits per heavy atom. The number of carbonyl (C=O) groups excluding carboxylic acids is 2. The van der Waals surface area contributed by atoms with Crippen LogP contribution in [-0.2, 0) is 33.1 Å². The van der Waals surface area contributed by atoms with Crippen LogP contribution in [0, 0.1) is 5.82 Å². The second-order valence-electron chi connectivity index (χ2n) is 9.96. The van der Waals surface area contributed by atoms with Crippen LogP contribution in [0.5, 0.6) is 11.5 Å². The van der Waals surface area contributed by atoms with Crippen molar-refractivity contribution in [1.82, 2.24) is 15.1 Å². The summed E-state index contributed by atoms with van der Waals surface area (Å²) in [6, 6.07) is 8.42. The molecule has 0 unspecified atom stereocenters. The maximum absolute atomic E-state index is 14.6. The van der Waals surface area contributed by atoms with E-state index in [-0.39, 0.29) is 40.7 Å². The Bertz CT molecular complexity index is 1670. The number of carbonyl (C=O) groups is 2. The van der Waals surface area contributed by atoms with E-state index < -0.39 is 51.5 Å². The zero-order valence-electron chi connectivity index (χ0n) is 21.8. The molecule has 1 aromatic heterocycles. The average molecular weight is 597 g/mol. The first-order valence-electron chi connectivity index (χ1n) is 12.3. The van der Waals surface area contributed by atoms with Crippen LogP contribution in [0.15, 0.2) is 36.4 Å². The van der Waals surface area contributed by atoms with Gasteiger partial charge < -0.3 is 20.1 Å². The minimum atomic E-state index is -4.49. The SMILES string of the molecule is COc1ccc(-c2nn3c(c2NC(=O)CS(C)(=O)=O)C(=O)N[C@]2(CCc4cc(OCC(F)(F)F)ccc42)C3)cc1F. The Balaban J connectivity index is 1.54. The van der Waals surface area contributed by atoms with Crippen LogP contribution < -0.4 is 20.1 Å². The maximum Gasteiger partial charge on any atom is 0.422 e. The molecule has 0 radical (unpaired) electrons. The summed E-state index contributed by atoms with van der Waals surface area (Å²) >= 11 is 0. The van der Waals surface area contributed by atoms with Gasteiger partial charge in [-0.1, -0.05) is 6.07 Å². The molecule has 0 fully saturated rings. The fourth-order valence-corrected chi connectivity index (χ4v) is 5.75. The number of anilines is 1. The molecule has 3 aromatic rings. The summed E-state index contributed by atoms with van der Waals surface area (Å²) in [6.07, 6.45) is -2.78. The predicted molar refractivity (Wildman–Crippen MR) is 138 cm³/mol. The molecule has 41 heavy (non-hydrogen) atoms. The van der Waals surface area contributed by atoms with Crippen LogP contribution in [0.4, 0.5) is 23.2 Å². The zero-order valence-corrected chi connectivity index (χ0v) is 22.6.